The zero-order chi connectivity index (χ0) is 26.7. The van der Waals surface area contributed by atoms with Gasteiger partial charge in [-0.25, -0.2) is 9.59 Å². The van der Waals surface area contributed by atoms with Crippen LogP contribution in [0.25, 0.3) is 0 Å². The second-order valence-electron chi connectivity index (χ2n) is 8.67. The molecule has 0 fully saturated rings. The van der Waals surface area contributed by atoms with Gasteiger partial charge in [-0.05, 0) is 69.6 Å². The second-order valence-corrected chi connectivity index (χ2v) is 10.1. The van der Waals surface area contributed by atoms with Crippen molar-refractivity contribution >= 4 is 22.1 Å². The molecule has 0 heterocycles. The Kier molecular flexibility index (Phi) is 16.5. The summed E-state index contributed by atoms with van der Waals surface area (Å²) in [6, 6.07) is 3.17. The van der Waals surface area contributed by atoms with Crippen molar-refractivity contribution in [2.75, 3.05) is 13.2 Å². The SMILES string of the molecule is CCCCC/C=C/CCCOC(=O)c1ccc(S(=O)(=O)O)cc1C(=O)OCCC/C=C/CCCCC. The first-order valence-electron chi connectivity index (χ1n) is 13.1. The molecule has 0 saturated heterocycles. The van der Waals surface area contributed by atoms with Crippen LogP contribution in [0.1, 0.15) is 112 Å². The topological polar surface area (TPSA) is 107 Å². The van der Waals surface area contributed by atoms with E-state index >= 15 is 0 Å². The molecule has 0 atom stereocenters. The van der Waals surface area contributed by atoms with Gasteiger partial charge in [0.1, 0.15) is 0 Å². The van der Waals surface area contributed by atoms with Crippen LogP contribution in [0.2, 0.25) is 0 Å². The van der Waals surface area contributed by atoms with Crippen LogP contribution >= 0.6 is 0 Å². The summed E-state index contributed by atoms with van der Waals surface area (Å²) in [6.07, 6.45) is 20.2. The molecule has 7 nitrogen and oxygen atoms in total. The Morgan fingerprint density at radius 3 is 1.61 bits per heavy atom. The number of benzene rings is 1. The molecule has 0 bridgehead atoms. The minimum atomic E-state index is -4.56. The number of hydrogen-bond acceptors (Lipinski definition) is 6. The van der Waals surface area contributed by atoms with Crippen LogP contribution in [0.15, 0.2) is 47.4 Å². The molecule has 0 radical (unpaired) electrons. The van der Waals surface area contributed by atoms with Crippen molar-refractivity contribution in [2.45, 2.75) is 95.8 Å². The maximum atomic E-state index is 12.6. The number of ether oxygens (including phenoxy) is 2. The van der Waals surface area contributed by atoms with Crippen molar-refractivity contribution in [2.24, 2.45) is 0 Å². The van der Waals surface area contributed by atoms with Gasteiger partial charge in [0.05, 0.1) is 29.2 Å². The first-order valence-corrected chi connectivity index (χ1v) is 14.5. The zero-order valence-electron chi connectivity index (χ0n) is 21.7. The maximum Gasteiger partial charge on any atom is 0.339 e. The van der Waals surface area contributed by atoms with E-state index in [2.05, 4.69) is 32.1 Å². The van der Waals surface area contributed by atoms with Gasteiger partial charge >= 0.3 is 11.9 Å². The summed E-state index contributed by atoms with van der Waals surface area (Å²) in [5.74, 6) is -1.58. The van der Waals surface area contributed by atoms with Gasteiger partial charge in [0, 0.05) is 0 Å². The van der Waals surface area contributed by atoms with Gasteiger partial charge in [0.2, 0.25) is 0 Å². The van der Waals surface area contributed by atoms with Crippen LogP contribution in [-0.2, 0) is 19.6 Å². The highest BCUT2D eigenvalue weighted by molar-refractivity contribution is 7.85. The van der Waals surface area contributed by atoms with Gasteiger partial charge in [-0.1, -0.05) is 63.8 Å². The second kappa shape index (κ2) is 18.8. The number of esters is 2. The zero-order valence-corrected chi connectivity index (χ0v) is 22.6. The Bertz CT molecular complexity index is 949. The Morgan fingerprint density at radius 1 is 0.722 bits per heavy atom. The van der Waals surface area contributed by atoms with Gasteiger partial charge < -0.3 is 9.47 Å². The average Bonchev–Trinajstić information content (AvgIpc) is 2.85. The number of allylic oxidation sites excluding steroid dienone is 4. The van der Waals surface area contributed by atoms with E-state index < -0.39 is 27.0 Å². The molecule has 0 aliphatic heterocycles. The van der Waals surface area contributed by atoms with E-state index in [0.29, 0.717) is 12.8 Å². The summed E-state index contributed by atoms with van der Waals surface area (Å²) < 4.78 is 43.0. The van der Waals surface area contributed by atoms with Crippen LogP contribution in [0.4, 0.5) is 0 Å². The Morgan fingerprint density at radius 2 is 1.17 bits per heavy atom. The molecule has 36 heavy (non-hydrogen) atoms. The molecular formula is C28H42O7S. The van der Waals surface area contributed by atoms with Crippen LogP contribution in [-0.4, -0.2) is 38.1 Å². The fourth-order valence-corrected chi connectivity index (χ4v) is 3.92. The van der Waals surface area contributed by atoms with Crippen molar-refractivity contribution in [3.63, 3.8) is 0 Å². The molecule has 1 rings (SSSR count). The summed E-state index contributed by atoms with van der Waals surface area (Å²) in [5, 5.41) is 0. The third kappa shape index (κ3) is 13.6. The molecule has 0 aliphatic carbocycles. The van der Waals surface area contributed by atoms with Crippen molar-refractivity contribution in [1.29, 1.82) is 0 Å². The molecule has 1 N–H and O–H groups in total. The molecule has 0 amide bonds. The molecule has 202 valence electrons. The summed E-state index contributed by atoms with van der Waals surface area (Å²) in [5.41, 5.74) is -0.348. The van der Waals surface area contributed by atoms with E-state index in [4.69, 9.17) is 9.47 Å². The van der Waals surface area contributed by atoms with Crippen molar-refractivity contribution in [3.8, 4) is 0 Å². The third-order valence-electron chi connectivity index (χ3n) is 5.51. The molecular weight excluding hydrogens is 480 g/mol. The smallest absolute Gasteiger partial charge is 0.339 e. The fraction of sp³-hybridized carbons (Fsp3) is 0.571. The van der Waals surface area contributed by atoms with Crippen molar-refractivity contribution in [1.82, 2.24) is 0 Å². The summed E-state index contributed by atoms with van der Waals surface area (Å²) in [7, 11) is -4.56. The van der Waals surface area contributed by atoms with Crippen molar-refractivity contribution in [3.05, 3.63) is 53.6 Å². The highest BCUT2D eigenvalue weighted by Crippen LogP contribution is 2.19. The van der Waals surface area contributed by atoms with Crippen molar-refractivity contribution < 1.29 is 32.0 Å². The highest BCUT2D eigenvalue weighted by atomic mass is 32.2. The van der Waals surface area contributed by atoms with E-state index in [1.165, 1.54) is 25.7 Å². The predicted octanol–water partition coefficient (Wildman–Crippen LogP) is 7.08. The van der Waals surface area contributed by atoms with E-state index in [-0.39, 0.29) is 24.3 Å². The lowest BCUT2D eigenvalue weighted by Gasteiger charge is -2.11. The van der Waals surface area contributed by atoms with Crippen LogP contribution in [0.5, 0.6) is 0 Å². The van der Waals surface area contributed by atoms with Crippen LogP contribution in [0, 0.1) is 0 Å². The number of unbranched alkanes of at least 4 members (excludes halogenated alkanes) is 8. The predicted molar refractivity (Wildman–Crippen MR) is 142 cm³/mol. The summed E-state index contributed by atoms with van der Waals surface area (Å²) in [6.45, 7) is 4.60. The monoisotopic (exact) mass is 522 g/mol. The first kappa shape index (κ1) is 31.6. The van der Waals surface area contributed by atoms with E-state index in [1.807, 2.05) is 6.08 Å². The molecule has 0 aromatic heterocycles. The lowest BCUT2D eigenvalue weighted by Crippen LogP contribution is -2.16. The minimum absolute atomic E-state index is 0.0988. The van der Waals surface area contributed by atoms with Gasteiger partial charge in [0.25, 0.3) is 10.1 Å². The Hall–Kier alpha value is -2.45. The maximum absolute atomic E-state index is 12.6. The van der Waals surface area contributed by atoms with Gasteiger partial charge in [-0.15, -0.1) is 0 Å². The van der Waals surface area contributed by atoms with Crippen LogP contribution in [0.3, 0.4) is 0 Å². The standard InChI is InChI=1S/C28H42O7S/c1-3-5-7-9-11-13-15-17-21-34-27(29)25-20-19-24(36(31,32)33)23-26(25)28(30)35-22-18-16-14-12-10-8-6-4-2/h11-14,19-20,23H,3-10,15-18,21-22H2,1-2H3,(H,31,32,33)/b13-11+,14-12+. The molecule has 0 spiro atoms. The fourth-order valence-electron chi connectivity index (χ4n) is 3.41. The lowest BCUT2D eigenvalue weighted by atomic mass is 10.1. The van der Waals surface area contributed by atoms with Gasteiger partial charge in [-0.2, -0.15) is 8.42 Å². The highest BCUT2D eigenvalue weighted by Gasteiger charge is 2.23. The van der Waals surface area contributed by atoms with Gasteiger partial charge in [-0.3, -0.25) is 4.55 Å². The normalized spacial score (nSPS) is 11.9. The molecule has 0 aliphatic rings. The number of hydrogen-bond donors (Lipinski definition) is 1. The lowest BCUT2D eigenvalue weighted by molar-refractivity contribution is 0.0453. The van der Waals surface area contributed by atoms with Crippen LogP contribution < -0.4 is 0 Å². The molecule has 0 saturated carbocycles. The largest absolute Gasteiger partial charge is 0.462 e. The average molecular weight is 523 g/mol. The first-order chi connectivity index (χ1) is 17.3. The summed E-state index contributed by atoms with van der Waals surface area (Å²) >= 11 is 0. The quantitative estimate of drug-likeness (QED) is 0.0895. The Balaban J connectivity index is 2.65. The minimum Gasteiger partial charge on any atom is -0.462 e. The molecule has 0 unspecified atom stereocenters. The van der Waals surface area contributed by atoms with Gasteiger partial charge in [0.15, 0.2) is 0 Å². The number of carbonyl (C=O) groups excluding carboxylic acids is 2. The molecule has 8 heteroatoms. The number of carbonyl (C=O) groups is 2. The van der Waals surface area contributed by atoms with E-state index in [0.717, 1.165) is 56.7 Å². The summed E-state index contributed by atoms with van der Waals surface area (Å²) in [4.78, 5) is 24.7. The molecule has 1 aromatic carbocycles. The van der Waals surface area contributed by atoms with E-state index in [1.54, 1.807) is 0 Å². The van der Waals surface area contributed by atoms with E-state index in [9.17, 15) is 22.6 Å². The number of rotatable bonds is 19. The molecule has 1 aromatic rings. The third-order valence-corrected chi connectivity index (χ3v) is 6.36. The Labute approximate surface area is 216 Å².